The molecule has 1 fully saturated rings. The van der Waals surface area contributed by atoms with Crippen molar-refractivity contribution in [2.75, 3.05) is 6.54 Å². The molecule has 2 unspecified atom stereocenters. The van der Waals surface area contributed by atoms with Gasteiger partial charge in [0.2, 0.25) is 0 Å². The summed E-state index contributed by atoms with van der Waals surface area (Å²) in [6.07, 6.45) is 2.36. The number of nitrogens with zero attached hydrogens (tertiary/aromatic N) is 2. The lowest BCUT2D eigenvalue weighted by Crippen LogP contribution is -2.53. The number of rotatable bonds is 4. The summed E-state index contributed by atoms with van der Waals surface area (Å²) >= 11 is 1.53. The van der Waals surface area contributed by atoms with Crippen molar-refractivity contribution >= 4 is 23.3 Å². The van der Waals surface area contributed by atoms with Gasteiger partial charge in [0, 0.05) is 11.9 Å². The SMILES string of the molecule is CCC1CCN(C(=O)NCc2csc(C)n2)C(C(=O)O)C1. The van der Waals surface area contributed by atoms with Gasteiger partial charge in [0.1, 0.15) is 6.04 Å². The van der Waals surface area contributed by atoms with Crippen molar-refractivity contribution in [1.82, 2.24) is 15.2 Å². The molecule has 116 valence electrons. The molecule has 0 aromatic carbocycles. The van der Waals surface area contributed by atoms with E-state index in [0.717, 1.165) is 23.5 Å². The number of hydrogen-bond acceptors (Lipinski definition) is 4. The molecule has 6 nitrogen and oxygen atoms in total. The molecule has 2 rings (SSSR count). The molecular formula is C14H21N3O3S. The molecular weight excluding hydrogens is 290 g/mol. The summed E-state index contributed by atoms with van der Waals surface area (Å²) in [5.74, 6) is -0.538. The Labute approximate surface area is 128 Å². The van der Waals surface area contributed by atoms with Gasteiger partial charge in [0.15, 0.2) is 0 Å². The maximum absolute atomic E-state index is 12.2. The number of aliphatic carboxylic acids is 1. The smallest absolute Gasteiger partial charge is 0.326 e. The minimum absolute atomic E-state index is 0.317. The van der Waals surface area contributed by atoms with E-state index in [4.69, 9.17) is 0 Å². The van der Waals surface area contributed by atoms with E-state index in [1.54, 1.807) is 0 Å². The second kappa shape index (κ2) is 6.89. The standard InChI is InChI=1S/C14H21N3O3S/c1-3-10-4-5-17(12(6-10)13(18)19)14(20)15-7-11-8-21-9(2)16-11/h8,10,12H,3-7H2,1-2H3,(H,15,20)(H,18,19). The molecule has 0 aliphatic carbocycles. The van der Waals surface area contributed by atoms with Crippen LogP contribution < -0.4 is 5.32 Å². The summed E-state index contributed by atoms with van der Waals surface area (Å²) in [4.78, 5) is 29.3. The molecule has 7 heteroatoms. The highest BCUT2D eigenvalue weighted by Gasteiger charge is 2.35. The van der Waals surface area contributed by atoms with Crippen LogP contribution in [0, 0.1) is 12.8 Å². The quantitative estimate of drug-likeness (QED) is 0.893. The van der Waals surface area contributed by atoms with Crippen LogP contribution in [0.5, 0.6) is 0 Å². The molecule has 1 aliphatic heterocycles. The van der Waals surface area contributed by atoms with Crippen molar-refractivity contribution in [2.45, 2.75) is 45.7 Å². The number of aromatic nitrogens is 1. The predicted octanol–water partition coefficient (Wildman–Crippen LogP) is 2.24. The van der Waals surface area contributed by atoms with Gasteiger partial charge in [-0.3, -0.25) is 0 Å². The lowest BCUT2D eigenvalue weighted by atomic mass is 9.89. The molecule has 0 radical (unpaired) electrons. The molecule has 1 aromatic heterocycles. The molecule has 0 bridgehead atoms. The zero-order valence-electron chi connectivity index (χ0n) is 12.3. The maximum Gasteiger partial charge on any atom is 0.326 e. The average Bonchev–Trinajstić information content (AvgIpc) is 2.89. The van der Waals surface area contributed by atoms with Gasteiger partial charge in [-0.2, -0.15) is 0 Å². The van der Waals surface area contributed by atoms with Crippen LogP contribution in [0.4, 0.5) is 4.79 Å². The lowest BCUT2D eigenvalue weighted by Gasteiger charge is -2.36. The summed E-state index contributed by atoms with van der Waals surface area (Å²) in [7, 11) is 0. The second-order valence-electron chi connectivity index (χ2n) is 5.36. The van der Waals surface area contributed by atoms with Gasteiger partial charge >= 0.3 is 12.0 Å². The molecule has 1 aliphatic rings. The number of aryl methyl sites for hydroxylation is 1. The highest BCUT2D eigenvalue weighted by Crippen LogP contribution is 2.25. The monoisotopic (exact) mass is 311 g/mol. The number of carbonyl (C=O) groups is 2. The number of nitrogens with one attached hydrogen (secondary N) is 1. The van der Waals surface area contributed by atoms with Gasteiger partial charge in [-0.15, -0.1) is 11.3 Å². The Kier molecular flexibility index (Phi) is 5.17. The normalized spacial score (nSPS) is 22.1. The first-order chi connectivity index (χ1) is 10.0. The van der Waals surface area contributed by atoms with Crippen LogP contribution in [0.1, 0.15) is 36.9 Å². The van der Waals surface area contributed by atoms with Gasteiger partial charge in [-0.05, 0) is 25.7 Å². The molecule has 1 aromatic rings. The van der Waals surface area contributed by atoms with Crippen molar-refractivity contribution in [1.29, 1.82) is 0 Å². The maximum atomic E-state index is 12.2. The number of likely N-dealkylation sites (tertiary alicyclic amines) is 1. The molecule has 21 heavy (non-hydrogen) atoms. The van der Waals surface area contributed by atoms with E-state index in [1.807, 2.05) is 12.3 Å². The Bertz CT molecular complexity index is 517. The molecule has 1 saturated heterocycles. The van der Waals surface area contributed by atoms with E-state index >= 15 is 0 Å². The molecule has 2 N–H and O–H groups in total. The number of carboxylic acid groups (broad SMARTS) is 1. The summed E-state index contributed by atoms with van der Waals surface area (Å²) in [5.41, 5.74) is 0.807. The fraction of sp³-hybridized carbons (Fsp3) is 0.643. The number of urea groups is 1. The highest BCUT2D eigenvalue weighted by atomic mass is 32.1. The lowest BCUT2D eigenvalue weighted by molar-refractivity contribution is -0.144. The van der Waals surface area contributed by atoms with Crippen molar-refractivity contribution in [3.05, 3.63) is 16.1 Å². The van der Waals surface area contributed by atoms with E-state index in [1.165, 1.54) is 16.2 Å². The Morgan fingerprint density at radius 3 is 2.90 bits per heavy atom. The first kappa shape index (κ1) is 15.8. The van der Waals surface area contributed by atoms with E-state index in [9.17, 15) is 14.7 Å². The topological polar surface area (TPSA) is 82.5 Å². The highest BCUT2D eigenvalue weighted by molar-refractivity contribution is 7.09. The number of thiazole rings is 1. The minimum atomic E-state index is -0.923. The summed E-state index contributed by atoms with van der Waals surface area (Å²) < 4.78 is 0. The number of carboxylic acids is 1. The average molecular weight is 311 g/mol. The second-order valence-corrected chi connectivity index (χ2v) is 6.42. The first-order valence-electron chi connectivity index (χ1n) is 7.19. The van der Waals surface area contributed by atoms with Crippen LogP contribution in [0.25, 0.3) is 0 Å². The first-order valence-corrected chi connectivity index (χ1v) is 8.07. The molecule has 2 atom stereocenters. The Hall–Kier alpha value is -1.63. The van der Waals surface area contributed by atoms with Gasteiger partial charge < -0.3 is 15.3 Å². The fourth-order valence-corrected chi connectivity index (χ4v) is 3.26. The minimum Gasteiger partial charge on any atom is -0.480 e. The fourth-order valence-electron chi connectivity index (χ4n) is 2.64. The van der Waals surface area contributed by atoms with Gasteiger partial charge in [-0.25, -0.2) is 14.6 Å². The molecule has 2 amide bonds. The summed E-state index contributed by atoms with van der Waals surface area (Å²) in [6, 6.07) is -1.04. The van der Waals surface area contributed by atoms with Crippen molar-refractivity contribution in [3.63, 3.8) is 0 Å². The largest absolute Gasteiger partial charge is 0.480 e. The van der Waals surface area contributed by atoms with Crippen molar-refractivity contribution < 1.29 is 14.7 Å². The van der Waals surface area contributed by atoms with Crippen LogP contribution in [0.15, 0.2) is 5.38 Å². The number of piperidine rings is 1. The van der Waals surface area contributed by atoms with Crippen LogP contribution in [0.2, 0.25) is 0 Å². The third kappa shape index (κ3) is 3.93. The van der Waals surface area contributed by atoms with Crippen LogP contribution >= 0.6 is 11.3 Å². The third-order valence-corrected chi connectivity index (χ3v) is 4.74. The number of amides is 2. The Morgan fingerprint density at radius 1 is 1.57 bits per heavy atom. The molecule has 0 saturated carbocycles. The van der Waals surface area contributed by atoms with Gasteiger partial charge in [0.25, 0.3) is 0 Å². The van der Waals surface area contributed by atoms with Gasteiger partial charge in [0.05, 0.1) is 17.2 Å². The Morgan fingerprint density at radius 2 is 2.33 bits per heavy atom. The third-order valence-electron chi connectivity index (χ3n) is 3.92. The summed E-state index contributed by atoms with van der Waals surface area (Å²) in [6.45, 7) is 4.80. The van der Waals surface area contributed by atoms with Crippen molar-refractivity contribution in [2.24, 2.45) is 5.92 Å². The van der Waals surface area contributed by atoms with Crippen molar-refractivity contribution in [3.8, 4) is 0 Å². The van der Waals surface area contributed by atoms with Crippen LogP contribution in [-0.4, -0.2) is 39.6 Å². The van der Waals surface area contributed by atoms with Gasteiger partial charge in [-0.1, -0.05) is 13.3 Å². The van der Waals surface area contributed by atoms with E-state index in [2.05, 4.69) is 17.2 Å². The summed E-state index contributed by atoms with van der Waals surface area (Å²) in [5, 5.41) is 14.9. The zero-order valence-corrected chi connectivity index (χ0v) is 13.2. The van der Waals surface area contributed by atoms with Crippen LogP contribution in [0.3, 0.4) is 0 Å². The predicted molar refractivity (Wildman–Crippen MR) is 80.2 cm³/mol. The Balaban J connectivity index is 1.95. The number of carbonyl (C=O) groups excluding carboxylic acids is 1. The zero-order chi connectivity index (χ0) is 15.4. The molecule has 0 spiro atoms. The van der Waals surface area contributed by atoms with E-state index in [0.29, 0.717) is 25.4 Å². The number of hydrogen-bond donors (Lipinski definition) is 2. The van der Waals surface area contributed by atoms with E-state index in [-0.39, 0.29) is 6.03 Å². The van der Waals surface area contributed by atoms with E-state index < -0.39 is 12.0 Å². The molecule has 2 heterocycles. The van der Waals surface area contributed by atoms with Crippen LogP contribution in [-0.2, 0) is 11.3 Å².